The van der Waals surface area contributed by atoms with E-state index >= 15 is 0 Å². The molecule has 0 unspecified atom stereocenters. The van der Waals surface area contributed by atoms with Crippen LogP contribution in [0.4, 0.5) is 5.69 Å². The predicted octanol–water partition coefficient (Wildman–Crippen LogP) is 2.77. The summed E-state index contributed by atoms with van der Waals surface area (Å²) in [4.78, 5) is 13.5. The molecule has 1 aromatic carbocycles. The SMILES string of the molecule is CCCCOC(=O)CN(C)c1ccccc1C. The maximum Gasteiger partial charge on any atom is 0.325 e. The summed E-state index contributed by atoms with van der Waals surface area (Å²) in [6.45, 7) is 4.94. The highest BCUT2D eigenvalue weighted by molar-refractivity contribution is 5.76. The zero-order valence-corrected chi connectivity index (χ0v) is 10.9. The Hall–Kier alpha value is -1.51. The van der Waals surface area contributed by atoms with E-state index in [9.17, 15) is 4.79 Å². The van der Waals surface area contributed by atoms with Gasteiger partial charge in [-0.15, -0.1) is 0 Å². The van der Waals surface area contributed by atoms with Crippen LogP contribution in [0.1, 0.15) is 25.3 Å². The van der Waals surface area contributed by atoms with Gasteiger partial charge in [0, 0.05) is 12.7 Å². The van der Waals surface area contributed by atoms with E-state index < -0.39 is 0 Å². The number of nitrogens with zero attached hydrogens (tertiary/aromatic N) is 1. The second-order valence-corrected chi connectivity index (χ2v) is 4.22. The van der Waals surface area contributed by atoms with E-state index in [-0.39, 0.29) is 5.97 Å². The van der Waals surface area contributed by atoms with E-state index in [0.29, 0.717) is 13.2 Å². The van der Waals surface area contributed by atoms with Crippen molar-refractivity contribution < 1.29 is 9.53 Å². The highest BCUT2D eigenvalue weighted by atomic mass is 16.5. The van der Waals surface area contributed by atoms with Gasteiger partial charge in [0.1, 0.15) is 6.54 Å². The lowest BCUT2D eigenvalue weighted by atomic mass is 10.2. The lowest BCUT2D eigenvalue weighted by molar-refractivity contribution is -0.142. The average molecular weight is 235 g/mol. The van der Waals surface area contributed by atoms with Gasteiger partial charge in [0.05, 0.1) is 6.61 Å². The molecule has 17 heavy (non-hydrogen) atoms. The minimum atomic E-state index is -0.163. The fraction of sp³-hybridized carbons (Fsp3) is 0.500. The molecule has 0 bridgehead atoms. The lowest BCUT2D eigenvalue weighted by Gasteiger charge is -2.20. The lowest BCUT2D eigenvalue weighted by Crippen LogP contribution is -2.27. The highest BCUT2D eigenvalue weighted by Crippen LogP contribution is 2.17. The van der Waals surface area contributed by atoms with Crippen LogP contribution < -0.4 is 4.90 Å². The monoisotopic (exact) mass is 235 g/mol. The first kappa shape index (κ1) is 13.6. The normalized spacial score (nSPS) is 10.1. The number of hydrogen-bond acceptors (Lipinski definition) is 3. The van der Waals surface area contributed by atoms with Gasteiger partial charge in [0.15, 0.2) is 0 Å². The molecule has 0 spiro atoms. The number of anilines is 1. The first-order valence-electron chi connectivity index (χ1n) is 6.07. The summed E-state index contributed by atoms with van der Waals surface area (Å²) in [6.07, 6.45) is 1.97. The first-order chi connectivity index (χ1) is 8.15. The third kappa shape index (κ3) is 4.47. The van der Waals surface area contributed by atoms with Crippen LogP contribution in [0.2, 0.25) is 0 Å². The molecule has 0 atom stereocenters. The summed E-state index contributed by atoms with van der Waals surface area (Å²) in [5, 5.41) is 0. The second-order valence-electron chi connectivity index (χ2n) is 4.22. The van der Waals surface area contributed by atoms with Gasteiger partial charge in [0.2, 0.25) is 0 Å². The molecule has 0 amide bonds. The van der Waals surface area contributed by atoms with E-state index in [2.05, 4.69) is 6.92 Å². The Morgan fingerprint density at radius 3 is 2.71 bits per heavy atom. The van der Waals surface area contributed by atoms with Crippen LogP contribution in [0.3, 0.4) is 0 Å². The smallest absolute Gasteiger partial charge is 0.325 e. The fourth-order valence-corrected chi connectivity index (χ4v) is 1.65. The van der Waals surface area contributed by atoms with Gasteiger partial charge in [0.25, 0.3) is 0 Å². The van der Waals surface area contributed by atoms with Gasteiger partial charge in [-0.2, -0.15) is 0 Å². The quantitative estimate of drug-likeness (QED) is 0.561. The number of unbranched alkanes of at least 4 members (excludes halogenated alkanes) is 1. The van der Waals surface area contributed by atoms with Crippen LogP contribution in [-0.2, 0) is 9.53 Å². The van der Waals surface area contributed by atoms with Crippen molar-refractivity contribution in [3.63, 3.8) is 0 Å². The van der Waals surface area contributed by atoms with E-state index in [1.165, 1.54) is 0 Å². The van der Waals surface area contributed by atoms with E-state index in [1.54, 1.807) is 0 Å². The summed E-state index contributed by atoms with van der Waals surface area (Å²) in [5.41, 5.74) is 2.23. The Labute approximate surface area is 103 Å². The standard InChI is InChI=1S/C14H21NO2/c1-4-5-10-17-14(16)11-15(3)13-9-7-6-8-12(13)2/h6-9H,4-5,10-11H2,1-3H3. The topological polar surface area (TPSA) is 29.5 Å². The molecular weight excluding hydrogens is 214 g/mol. The summed E-state index contributed by atoms with van der Waals surface area (Å²) in [5.74, 6) is -0.163. The van der Waals surface area contributed by atoms with Gasteiger partial charge in [-0.25, -0.2) is 0 Å². The molecule has 0 heterocycles. The van der Waals surface area contributed by atoms with Crippen molar-refractivity contribution in [2.45, 2.75) is 26.7 Å². The number of ether oxygens (including phenoxy) is 1. The van der Waals surface area contributed by atoms with Gasteiger partial charge in [-0.3, -0.25) is 4.79 Å². The molecule has 0 aliphatic rings. The van der Waals surface area contributed by atoms with Gasteiger partial charge in [-0.1, -0.05) is 31.5 Å². The Kier molecular flexibility index (Phi) is 5.53. The number of hydrogen-bond donors (Lipinski definition) is 0. The van der Waals surface area contributed by atoms with Crippen LogP contribution in [0.5, 0.6) is 0 Å². The summed E-state index contributed by atoms with van der Waals surface area (Å²) >= 11 is 0. The zero-order valence-electron chi connectivity index (χ0n) is 10.9. The molecule has 0 saturated heterocycles. The number of likely N-dealkylation sites (N-methyl/N-ethyl adjacent to an activating group) is 1. The van der Waals surface area contributed by atoms with Crippen molar-refractivity contribution in [2.24, 2.45) is 0 Å². The minimum absolute atomic E-state index is 0.163. The average Bonchev–Trinajstić information content (AvgIpc) is 2.29. The van der Waals surface area contributed by atoms with Crippen molar-refractivity contribution in [3.8, 4) is 0 Å². The van der Waals surface area contributed by atoms with Crippen molar-refractivity contribution in [3.05, 3.63) is 29.8 Å². The molecule has 94 valence electrons. The maximum atomic E-state index is 11.5. The molecule has 3 nitrogen and oxygen atoms in total. The third-order valence-electron chi connectivity index (χ3n) is 2.65. The molecule has 0 aromatic heterocycles. The van der Waals surface area contributed by atoms with Crippen LogP contribution >= 0.6 is 0 Å². The number of carbonyl (C=O) groups excluding carboxylic acids is 1. The second kappa shape index (κ2) is 6.94. The van der Waals surface area contributed by atoms with E-state index in [1.807, 2.05) is 43.1 Å². The third-order valence-corrected chi connectivity index (χ3v) is 2.65. The number of esters is 1. The molecule has 0 saturated carbocycles. The molecular formula is C14H21NO2. The van der Waals surface area contributed by atoms with Gasteiger partial charge < -0.3 is 9.64 Å². The highest BCUT2D eigenvalue weighted by Gasteiger charge is 2.09. The molecule has 0 aliphatic heterocycles. The van der Waals surface area contributed by atoms with Crippen LogP contribution in [0.25, 0.3) is 0 Å². The van der Waals surface area contributed by atoms with Crippen molar-refractivity contribution in [1.82, 2.24) is 0 Å². The van der Waals surface area contributed by atoms with Gasteiger partial charge in [-0.05, 0) is 25.0 Å². The summed E-state index contributed by atoms with van der Waals surface area (Å²) in [6, 6.07) is 8.01. The van der Waals surface area contributed by atoms with E-state index in [0.717, 1.165) is 24.1 Å². The Morgan fingerprint density at radius 2 is 2.06 bits per heavy atom. The Bertz CT molecular complexity index is 363. The number of para-hydroxylation sites is 1. The molecule has 0 N–H and O–H groups in total. The maximum absolute atomic E-state index is 11.5. The van der Waals surface area contributed by atoms with Crippen molar-refractivity contribution in [2.75, 3.05) is 25.1 Å². The number of rotatable bonds is 6. The van der Waals surface area contributed by atoms with Crippen LogP contribution in [0.15, 0.2) is 24.3 Å². The zero-order chi connectivity index (χ0) is 12.7. The number of aryl methyl sites for hydroxylation is 1. The Balaban J connectivity index is 2.46. The molecule has 0 aliphatic carbocycles. The summed E-state index contributed by atoms with van der Waals surface area (Å²) in [7, 11) is 1.91. The van der Waals surface area contributed by atoms with Gasteiger partial charge >= 0.3 is 5.97 Å². The van der Waals surface area contributed by atoms with Crippen molar-refractivity contribution in [1.29, 1.82) is 0 Å². The number of carbonyl (C=O) groups is 1. The fourth-order valence-electron chi connectivity index (χ4n) is 1.65. The number of benzene rings is 1. The van der Waals surface area contributed by atoms with Crippen LogP contribution in [0, 0.1) is 6.92 Å². The minimum Gasteiger partial charge on any atom is -0.464 e. The largest absolute Gasteiger partial charge is 0.464 e. The molecule has 3 heteroatoms. The first-order valence-corrected chi connectivity index (χ1v) is 6.07. The predicted molar refractivity (Wildman–Crippen MR) is 70.3 cm³/mol. The van der Waals surface area contributed by atoms with Crippen LogP contribution in [-0.4, -0.2) is 26.2 Å². The Morgan fingerprint density at radius 1 is 1.35 bits per heavy atom. The molecule has 0 fully saturated rings. The molecule has 0 radical (unpaired) electrons. The summed E-state index contributed by atoms with van der Waals surface area (Å²) < 4.78 is 5.13. The van der Waals surface area contributed by atoms with E-state index in [4.69, 9.17) is 4.74 Å². The molecule has 1 aromatic rings. The van der Waals surface area contributed by atoms with Crippen molar-refractivity contribution >= 4 is 11.7 Å². The molecule has 1 rings (SSSR count).